The molecule has 0 aliphatic rings. The Morgan fingerprint density at radius 3 is 2.77 bits per heavy atom. The van der Waals surface area contributed by atoms with E-state index in [1.165, 1.54) is 6.33 Å². The second kappa shape index (κ2) is 3.81. The van der Waals surface area contributed by atoms with E-state index in [2.05, 4.69) is 20.2 Å². The standard InChI is InChI=1S/C7H8N5.Re/c1-12(2)7-5-3-10-11-6(5)8-4-9-7;/h3-4H,1-2H3;/q-1;. The summed E-state index contributed by atoms with van der Waals surface area (Å²) in [6.45, 7) is 0. The minimum Gasteiger partial charge on any atom is -0.425 e. The predicted octanol–water partition coefficient (Wildman–Crippen LogP) is 0.0455. The Bertz CT molecular complexity index is 396. The van der Waals surface area contributed by atoms with Crippen molar-refractivity contribution in [2.75, 3.05) is 19.0 Å². The van der Waals surface area contributed by atoms with Crippen molar-refractivity contribution in [3.05, 3.63) is 12.5 Å². The van der Waals surface area contributed by atoms with Crippen LogP contribution in [-0.4, -0.2) is 29.2 Å². The number of fused-ring (bicyclic) bond motifs is 1. The first-order valence-electron chi connectivity index (χ1n) is 3.55. The van der Waals surface area contributed by atoms with Gasteiger partial charge in [0.2, 0.25) is 0 Å². The fraction of sp³-hybridized carbons (Fsp3) is 0.286. The minimum absolute atomic E-state index is 0. The van der Waals surface area contributed by atoms with Gasteiger partial charge in [-0.25, -0.2) is 4.98 Å². The van der Waals surface area contributed by atoms with E-state index in [4.69, 9.17) is 0 Å². The third-order valence-corrected chi connectivity index (χ3v) is 1.60. The maximum atomic E-state index is 4.11. The van der Waals surface area contributed by atoms with Crippen molar-refractivity contribution in [3.8, 4) is 0 Å². The van der Waals surface area contributed by atoms with Crippen LogP contribution in [-0.2, 0) is 20.4 Å². The first-order valence-corrected chi connectivity index (χ1v) is 3.55. The average molecular weight is 348 g/mol. The molecule has 5 nitrogen and oxygen atoms in total. The molecule has 0 N–H and O–H groups in total. The maximum Gasteiger partial charge on any atom is 0.136 e. The summed E-state index contributed by atoms with van der Waals surface area (Å²) in [5.41, 5.74) is 0.647. The molecule has 0 saturated carbocycles. The Morgan fingerprint density at radius 2 is 2.08 bits per heavy atom. The van der Waals surface area contributed by atoms with Crippen molar-refractivity contribution in [2.45, 2.75) is 0 Å². The molecule has 2 heterocycles. The molecule has 0 atom stereocenters. The molecular weight excluding hydrogens is 340 g/mol. The molecule has 0 fully saturated rings. The molecule has 0 saturated heterocycles. The quantitative estimate of drug-likeness (QED) is 0.729. The first kappa shape index (κ1) is 10.1. The molecule has 13 heavy (non-hydrogen) atoms. The van der Waals surface area contributed by atoms with E-state index in [1.807, 2.05) is 19.0 Å². The molecule has 0 bridgehead atoms. The predicted molar refractivity (Wildman–Crippen MR) is 45.0 cm³/mol. The van der Waals surface area contributed by atoms with Crippen molar-refractivity contribution in [2.24, 2.45) is 0 Å². The summed E-state index contributed by atoms with van der Waals surface area (Å²) in [5, 5.41) is 8.49. The van der Waals surface area contributed by atoms with Crippen LogP contribution in [0.2, 0.25) is 0 Å². The van der Waals surface area contributed by atoms with Gasteiger partial charge in [0, 0.05) is 52.4 Å². The first-order chi connectivity index (χ1) is 5.79. The number of anilines is 1. The van der Waals surface area contributed by atoms with Gasteiger partial charge in [0.05, 0.1) is 0 Å². The largest absolute Gasteiger partial charge is 0.425 e. The Kier molecular flexibility index (Phi) is 2.96. The molecule has 0 amide bonds. The Balaban J connectivity index is 0.000000845. The topological polar surface area (TPSA) is 56.0 Å². The molecule has 69 valence electrons. The van der Waals surface area contributed by atoms with Gasteiger partial charge < -0.3 is 15.0 Å². The molecule has 2 aromatic heterocycles. The molecule has 0 unspecified atom stereocenters. The molecular formula is C7H8N5Re-. The molecule has 0 spiro atoms. The van der Waals surface area contributed by atoms with Crippen LogP contribution in [0.1, 0.15) is 0 Å². The number of aromatic nitrogens is 4. The minimum atomic E-state index is 0. The van der Waals surface area contributed by atoms with Crippen molar-refractivity contribution < 1.29 is 20.4 Å². The van der Waals surface area contributed by atoms with Crippen LogP contribution in [0.5, 0.6) is 0 Å². The fourth-order valence-corrected chi connectivity index (χ4v) is 1.07. The molecule has 0 aromatic carbocycles. The van der Waals surface area contributed by atoms with Gasteiger partial charge in [0.1, 0.15) is 5.82 Å². The van der Waals surface area contributed by atoms with Crippen molar-refractivity contribution in [1.82, 2.24) is 20.2 Å². The molecule has 6 heteroatoms. The summed E-state index contributed by atoms with van der Waals surface area (Å²) < 4.78 is 0. The average Bonchev–Trinajstić information content (AvgIpc) is 2.49. The smallest absolute Gasteiger partial charge is 0.136 e. The van der Waals surface area contributed by atoms with E-state index in [1.54, 1.807) is 6.20 Å². The number of hydrogen-bond acceptors (Lipinski definition) is 4. The molecule has 0 aliphatic carbocycles. The Hall–Kier alpha value is -0.988. The molecule has 2 rings (SSSR count). The maximum absolute atomic E-state index is 4.11. The summed E-state index contributed by atoms with van der Waals surface area (Å²) in [5.74, 6) is 0.852. The summed E-state index contributed by atoms with van der Waals surface area (Å²) in [6.07, 6.45) is 3.16. The van der Waals surface area contributed by atoms with Gasteiger partial charge in [-0.15, -0.1) is 0 Å². The van der Waals surface area contributed by atoms with Gasteiger partial charge in [0.15, 0.2) is 0 Å². The third-order valence-electron chi connectivity index (χ3n) is 1.60. The van der Waals surface area contributed by atoms with Gasteiger partial charge in [-0.3, -0.25) is 5.10 Å². The van der Waals surface area contributed by atoms with E-state index in [9.17, 15) is 0 Å². The van der Waals surface area contributed by atoms with Crippen LogP contribution in [0.3, 0.4) is 0 Å². The third kappa shape index (κ3) is 1.69. The van der Waals surface area contributed by atoms with Gasteiger partial charge in [-0.1, -0.05) is 0 Å². The number of hydrogen-bond donors (Lipinski definition) is 0. The van der Waals surface area contributed by atoms with Crippen molar-refractivity contribution in [1.29, 1.82) is 0 Å². The van der Waals surface area contributed by atoms with Crippen molar-refractivity contribution in [3.63, 3.8) is 0 Å². The summed E-state index contributed by atoms with van der Waals surface area (Å²) in [7, 11) is 3.85. The normalized spacial score (nSPS) is 9.69. The van der Waals surface area contributed by atoms with Gasteiger partial charge in [-0.2, -0.15) is 0 Å². The summed E-state index contributed by atoms with van der Waals surface area (Å²) >= 11 is 0. The van der Waals surface area contributed by atoms with Gasteiger partial charge in [0.25, 0.3) is 0 Å². The Morgan fingerprint density at radius 1 is 1.31 bits per heavy atom. The monoisotopic (exact) mass is 349 g/mol. The zero-order valence-corrected chi connectivity index (χ0v) is 9.98. The second-order valence-electron chi connectivity index (χ2n) is 2.67. The SMILES string of the molecule is CN(C)c1ncnc2[n-]ncc12.[Re]. The van der Waals surface area contributed by atoms with E-state index in [0.717, 1.165) is 11.2 Å². The van der Waals surface area contributed by atoms with E-state index in [-0.39, 0.29) is 20.4 Å². The fourth-order valence-electron chi connectivity index (χ4n) is 1.07. The molecule has 1 radical (unpaired) electrons. The zero-order valence-electron chi connectivity index (χ0n) is 7.27. The van der Waals surface area contributed by atoms with Gasteiger partial charge >= 0.3 is 0 Å². The molecule has 2 aromatic rings. The van der Waals surface area contributed by atoms with Crippen LogP contribution in [0.25, 0.3) is 11.0 Å². The summed E-state index contributed by atoms with van der Waals surface area (Å²) in [4.78, 5) is 10.00. The van der Waals surface area contributed by atoms with Crippen LogP contribution in [0, 0.1) is 0 Å². The van der Waals surface area contributed by atoms with Crippen LogP contribution >= 0.6 is 0 Å². The van der Waals surface area contributed by atoms with E-state index < -0.39 is 0 Å². The number of rotatable bonds is 1. The van der Waals surface area contributed by atoms with Crippen LogP contribution < -0.4 is 10.00 Å². The second-order valence-corrected chi connectivity index (χ2v) is 2.67. The van der Waals surface area contributed by atoms with E-state index in [0.29, 0.717) is 5.65 Å². The zero-order chi connectivity index (χ0) is 8.55. The van der Waals surface area contributed by atoms with E-state index >= 15 is 0 Å². The molecule has 0 aliphatic heterocycles. The number of nitrogens with zero attached hydrogens (tertiary/aromatic N) is 5. The Labute approximate surface area is 89.2 Å². The van der Waals surface area contributed by atoms with Gasteiger partial charge in [-0.05, 0) is 5.65 Å². The van der Waals surface area contributed by atoms with Crippen molar-refractivity contribution >= 4 is 16.9 Å². The van der Waals surface area contributed by atoms with Crippen LogP contribution in [0.4, 0.5) is 5.82 Å². The summed E-state index contributed by atoms with van der Waals surface area (Å²) in [6, 6.07) is 0. The van der Waals surface area contributed by atoms with Crippen LogP contribution in [0.15, 0.2) is 12.5 Å².